The van der Waals surface area contributed by atoms with Crippen LogP contribution in [0, 0.1) is 6.92 Å². The van der Waals surface area contributed by atoms with Crippen LogP contribution in [0.2, 0.25) is 0 Å². The highest BCUT2D eigenvalue weighted by Crippen LogP contribution is 2.24. The molecule has 3 rings (SSSR count). The van der Waals surface area contributed by atoms with Crippen molar-refractivity contribution in [3.8, 4) is 11.3 Å². The molecule has 1 fully saturated rings. The van der Waals surface area contributed by atoms with Crippen molar-refractivity contribution in [2.45, 2.75) is 38.7 Å². The SMILES string of the molecule is Cc1cccc(-c2nocc2CCC(=O)NCC2CCCO2)c1. The fraction of sp³-hybridized carbons (Fsp3) is 0.444. The zero-order valence-electron chi connectivity index (χ0n) is 13.4. The number of rotatable bonds is 6. The molecule has 1 unspecified atom stereocenters. The van der Waals surface area contributed by atoms with E-state index in [0.29, 0.717) is 19.4 Å². The second kappa shape index (κ2) is 7.42. The zero-order chi connectivity index (χ0) is 16.1. The van der Waals surface area contributed by atoms with Gasteiger partial charge in [0.2, 0.25) is 5.91 Å². The van der Waals surface area contributed by atoms with Crippen molar-refractivity contribution in [1.82, 2.24) is 10.5 Å². The first-order chi connectivity index (χ1) is 11.2. The van der Waals surface area contributed by atoms with E-state index in [-0.39, 0.29) is 12.0 Å². The molecule has 23 heavy (non-hydrogen) atoms. The highest BCUT2D eigenvalue weighted by Gasteiger charge is 2.17. The third-order valence-electron chi connectivity index (χ3n) is 4.11. The Kier molecular flexibility index (Phi) is 5.08. The molecule has 1 atom stereocenters. The van der Waals surface area contributed by atoms with Gasteiger partial charge in [-0.1, -0.05) is 28.9 Å². The number of aryl methyl sites for hydroxylation is 2. The van der Waals surface area contributed by atoms with E-state index < -0.39 is 0 Å². The Bertz CT molecular complexity index is 660. The summed E-state index contributed by atoms with van der Waals surface area (Å²) in [5.41, 5.74) is 3.97. The standard InChI is InChI=1S/C18H22N2O3/c1-13-4-2-5-14(10-13)18-15(12-23-20-18)7-8-17(21)19-11-16-6-3-9-22-16/h2,4-5,10,12,16H,3,6-9,11H2,1H3,(H,19,21). The third kappa shape index (κ3) is 4.20. The van der Waals surface area contributed by atoms with E-state index in [4.69, 9.17) is 9.26 Å². The lowest BCUT2D eigenvalue weighted by Crippen LogP contribution is -2.31. The number of aromatic nitrogens is 1. The van der Waals surface area contributed by atoms with Gasteiger partial charge >= 0.3 is 0 Å². The minimum atomic E-state index is 0.0388. The van der Waals surface area contributed by atoms with E-state index in [0.717, 1.165) is 36.3 Å². The minimum absolute atomic E-state index is 0.0388. The zero-order valence-corrected chi connectivity index (χ0v) is 13.4. The minimum Gasteiger partial charge on any atom is -0.376 e. The van der Waals surface area contributed by atoms with Crippen molar-refractivity contribution in [3.63, 3.8) is 0 Å². The lowest BCUT2D eigenvalue weighted by molar-refractivity contribution is -0.121. The number of nitrogens with zero attached hydrogens (tertiary/aromatic N) is 1. The van der Waals surface area contributed by atoms with E-state index in [9.17, 15) is 4.79 Å². The van der Waals surface area contributed by atoms with Crippen molar-refractivity contribution in [2.24, 2.45) is 0 Å². The van der Waals surface area contributed by atoms with Crippen molar-refractivity contribution in [2.75, 3.05) is 13.2 Å². The van der Waals surface area contributed by atoms with Gasteiger partial charge in [0.1, 0.15) is 12.0 Å². The number of ether oxygens (including phenoxy) is 1. The third-order valence-corrected chi connectivity index (χ3v) is 4.11. The van der Waals surface area contributed by atoms with Gasteiger partial charge in [-0.15, -0.1) is 0 Å². The first-order valence-corrected chi connectivity index (χ1v) is 8.11. The first-order valence-electron chi connectivity index (χ1n) is 8.11. The van der Waals surface area contributed by atoms with Crippen molar-refractivity contribution >= 4 is 5.91 Å². The maximum Gasteiger partial charge on any atom is 0.220 e. The molecule has 0 aliphatic carbocycles. The largest absolute Gasteiger partial charge is 0.376 e. The molecule has 0 radical (unpaired) electrons. The molecule has 1 aromatic carbocycles. The summed E-state index contributed by atoms with van der Waals surface area (Å²) in [6.07, 6.45) is 4.96. The van der Waals surface area contributed by atoms with Gasteiger partial charge in [-0.2, -0.15) is 0 Å². The number of hydrogen-bond acceptors (Lipinski definition) is 4. The quantitative estimate of drug-likeness (QED) is 0.890. The van der Waals surface area contributed by atoms with Gasteiger partial charge in [0.25, 0.3) is 0 Å². The Labute approximate surface area is 136 Å². The van der Waals surface area contributed by atoms with E-state index in [1.807, 2.05) is 25.1 Å². The van der Waals surface area contributed by atoms with Crippen LogP contribution in [0.5, 0.6) is 0 Å². The van der Waals surface area contributed by atoms with Crippen molar-refractivity contribution in [3.05, 3.63) is 41.7 Å². The molecular formula is C18H22N2O3. The predicted molar refractivity (Wildman–Crippen MR) is 87.0 cm³/mol. The number of benzene rings is 1. The number of carbonyl (C=O) groups excluding carboxylic acids is 1. The summed E-state index contributed by atoms with van der Waals surface area (Å²) in [6, 6.07) is 8.12. The molecule has 1 aliphatic heterocycles. The van der Waals surface area contributed by atoms with E-state index in [1.165, 1.54) is 5.56 Å². The number of hydrogen-bond donors (Lipinski definition) is 1. The molecule has 2 heterocycles. The van der Waals surface area contributed by atoms with Crippen LogP contribution in [0.4, 0.5) is 0 Å². The van der Waals surface area contributed by atoms with Crippen LogP contribution in [0.25, 0.3) is 11.3 Å². The first kappa shape index (κ1) is 15.7. The van der Waals surface area contributed by atoms with Crippen molar-refractivity contribution < 1.29 is 14.1 Å². The maximum atomic E-state index is 12.0. The Hall–Kier alpha value is -2.14. The molecule has 0 bridgehead atoms. The Morgan fingerprint density at radius 3 is 3.13 bits per heavy atom. The van der Waals surface area contributed by atoms with E-state index >= 15 is 0 Å². The van der Waals surface area contributed by atoms with Crippen LogP contribution in [0.1, 0.15) is 30.4 Å². The molecule has 5 heteroatoms. The Morgan fingerprint density at radius 1 is 1.43 bits per heavy atom. The molecule has 1 N–H and O–H groups in total. The molecule has 1 aliphatic rings. The van der Waals surface area contributed by atoms with Gasteiger partial charge < -0.3 is 14.6 Å². The molecule has 1 aromatic heterocycles. The van der Waals surface area contributed by atoms with Crippen LogP contribution >= 0.6 is 0 Å². The average Bonchev–Trinajstić information content (AvgIpc) is 3.22. The number of nitrogens with one attached hydrogen (secondary N) is 1. The monoisotopic (exact) mass is 314 g/mol. The normalized spacial score (nSPS) is 17.3. The molecule has 1 saturated heterocycles. The van der Waals surface area contributed by atoms with Crippen LogP contribution in [0.3, 0.4) is 0 Å². The lowest BCUT2D eigenvalue weighted by atomic mass is 10.0. The van der Waals surface area contributed by atoms with Gasteiger partial charge in [0.15, 0.2) is 0 Å². The fourth-order valence-corrected chi connectivity index (χ4v) is 2.83. The van der Waals surface area contributed by atoms with Crippen LogP contribution in [-0.4, -0.2) is 30.3 Å². The summed E-state index contributed by atoms with van der Waals surface area (Å²) in [4.78, 5) is 12.0. The molecule has 5 nitrogen and oxygen atoms in total. The van der Waals surface area contributed by atoms with Gasteiger partial charge in [0, 0.05) is 30.7 Å². The second-order valence-corrected chi connectivity index (χ2v) is 6.00. The Morgan fingerprint density at radius 2 is 2.35 bits per heavy atom. The average molecular weight is 314 g/mol. The van der Waals surface area contributed by atoms with Crippen molar-refractivity contribution in [1.29, 1.82) is 0 Å². The molecule has 0 saturated carbocycles. The summed E-state index contributed by atoms with van der Waals surface area (Å²) in [7, 11) is 0. The lowest BCUT2D eigenvalue weighted by Gasteiger charge is -2.10. The summed E-state index contributed by atoms with van der Waals surface area (Å²) < 4.78 is 10.6. The van der Waals surface area contributed by atoms with Crippen LogP contribution < -0.4 is 5.32 Å². The highest BCUT2D eigenvalue weighted by atomic mass is 16.5. The molecule has 122 valence electrons. The number of carbonyl (C=O) groups is 1. The van der Waals surface area contributed by atoms with Gasteiger partial charge in [0.05, 0.1) is 6.10 Å². The van der Waals surface area contributed by atoms with E-state index in [2.05, 4.69) is 16.5 Å². The summed E-state index contributed by atoms with van der Waals surface area (Å²) in [5, 5.41) is 7.03. The number of amides is 1. The van der Waals surface area contributed by atoms with Crippen LogP contribution in [0.15, 0.2) is 35.1 Å². The summed E-state index contributed by atoms with van der Waals surface area (Å²) >= 11 is 0. The second-order valence-electron chi connectivity index (χ2n) is 6.00. The molecule has 0 spiro atoms. The molecule has 2 aromatic rings. The van der Waals surface area contributed by atoms with Gasteiger partial charge in [-0.25, -0.2) is 0 Å². The van der Waals surface area contributed by atoms with Gasteiger partial charge in [-0.05, 0) is 32.3 Å². The summed E-state index contributed by atoms with van der Waals surface area (Å²) in [5.74, 6) is 0.0388. The molecule has 1 amide bonds. The topological polar surface area (TPSA) is 64.4 Å². The molecular weight excluding hydrogens is 292 g/mol. The van der Waals surface area contributed by atoms with Crippen LogP contribution in [-0.2, 0) is 16.0 Å². The van der Waals surface area contributed by atoms with E-state index in [1.54, 1.807) is 6.26 Å². The Balaban J connectivity index is 1.54. The maximum absolute atomic E-state index is 12.0. The smallest absolute Gasteiger partial charge is 0.220 e. The summed E-state index contributed by atoms with van der Waals surface area (Å²) in [6.45, 7) is 3.45. The fourth-order valence-electron chi connectivity index (χ4n) is 2.83. The highest BCUT2D eigenvalue weighted by molar-refractivity contribution is 5.76. The predicted octanol–water partition coefficient (Wildman–Crippen LogP) is 2.88. The van der Waals surface area contributed by atoms with Gasteiger partial charge in [-0.3, -0.25) is 4.79 Å².